The van der Waals surface area contributed by atoms with Crippen molar-refractivity contribution in [2.24, 2.45) is 11.8 Å². The van der Waals surface area contributed by atoms with Crippen LogP contribution in [0.3, 0.4) is 0 Å². The van der Waals surface area contributed by atoms with Crippen LogP contribution in [0.1, 0.15) is 84.7 Å². The van der Waals surface area contributed by atoms with Crippen LogP contribution >= 0.6 is 0 Å². The zero-order chi connectivity index (χ0) is 34.8. The highest BCUT2D eigenvalue weighted by atomic mass is 16.5. The first-order valence-corrected chi connectivity index (χ1v) is 17.5. The number of benzene rings is 3. The van der Waals surface area contributed by atoms with Crippen molar-refractivity contribution >= 4 is 46.8 Å². The molecular weight excluding hydrogens is 619 g/mol. The van der Waals surface area contributed by atoms with E-state index in [2.05, 4.69) is 40.6 Å². The number of H-pyrrole nitrogens is 1. The number of ether oxygens (including phenoxy) is 2. The number of nitrogens with one attached hydrogen (secondary N) is 2. The minimum atomic E-state index is -0.981. The average Bonchev–Trinajstić information content (AvgIpc) is 3.79. The summed E-state index contributed by atoms with van der Waals surface area (Å²) in [6.07, 6.45) is 3.39. The molecule has 10 nitrogen and oxygen atoms in total. The Morgan fingerprint density at radius 2 is 1.90 bits per heavy atom. The number of alkyl carbamates (subject to hydrolysis) is 1. The molecule has 1 aromatic heterocycles. The highest BCUT2D eigenvalue weighted by Gasteiger charge is 2.49. The van der Waals surface area contributed by atoms with Gasteiger partial charge in [0.05, 0.1) is 35.4 Å². The smallest absolute Gasteiger partial charge is 0.407 e. The van der Waals surface area contributed by atoms with E-state index in [-0.39, 0.29) is 23.9 Å². The first-order valence-electron chi connectivity index (χ1n) is 17.5. The zero-order valence-electron chi connectivity index (χ0n) is 29.6. The van der Waals surface area contributed by atoms with Gasteiger partial charge < -0.3 is 34.4 Å². The maximum absolute atomic E-state index is 14.2. The topological polar surface area (TPSA) is 126 Å². The lowest BCUT2D eigenvalue weighted by Gasteiger charge is -2.37. The van der Waals surface area contributed by atoms with Crippen LogP contribution in [0.15, 0.2) is 42.5 Å². The van der Waals surface area contributed by atoms with E-state index >= 15 is 0 Å². The van der Waals surface area contributed by atoms with E-state index in [1.807, 2.05) is 44.7 Å². The first-order chi connectivity index (χ1) is 23.3. The first kappa shape index (κ1) is 33.4. The van der Waals surface area contributed by atoms with Crippen molar-refractivity contribution in [2.45, 2.75) is 103 Å². The number of aliphatic hydroxyl groups is 1. The van der Waals surface area contributed by atoms with Crippen molar-refractivity contribution in [3.63, 3.8) is 0 Å². The summed E-state index contributed by atoms with van der Waals surface area (Å²) < 4.78 is 17.2. The van der Waals surface area contributed by atoms with E-state index in [4.69, 9.17) is 19.1 Å². The van der Waals surface area contributed by atoms with Gasteiger partial charge in [-0.1, -0.05) is 38.5 Å². The third-order valence-corrected chi connectivity index (χ3v) is 11.3. The van der Waals surface area contributed by atoms with Crippen LogP contribution in [-0.2, 0) is 20.8 Å². The molecule has 0 spiro atoms. The Morgan fingerprint density at radius 1 is 1.10 bits per heavy atom. The predicted molar refractivity (Wildman–Crippen MR) is 191 cm³/mol. The van der Waals surface area contributed by atoms with E-state index in [1.165, 1.54) is 7.11 Å². The number of hydrogen-bond acceptors (Lipinski definition) is 7. The Morgan fingerprint density at radius 3 is 2.63 bits per heavy atom. The lowest BCUT2D eigenvalue weighted by Crippen LogP contribution is -2.53. The molecule has 1 saturated heterocycles. The van der Waals surface area contributed by atoms with Gasteiger partial charge >= 0.3 is 13.6 Å². The lowest BCUT2D eigenvalue weighted by atomic mass is 9.81. The number of rotatable bonds is 8. The molecule has 4 atom stereocenters. The van der Waals surface area contributed by atoms with Crippen LogP contribution in [0, 0.1) is 11.8 Å². The largest absolute Gasteiger partial charge is 0.488 e. The van der Waals surface area contributed by atoms with Crippen molar-refractivity contribution < 1.29 is 28.8 Å². The van der Waals surface area contributed by atoms with Crippen molar-refractivity contribution in [3.05, 3.63) is 53.9 Å². The Balaban J connectivity index is 1.20. The molecule has 11 heteroatoms. The molecule has 3 aliphatic rings. The van der Waals surface area contributed by atoms with E-state index in [9.17, 15) is 14.7 Å². The Bertz CT molecular complexity index is 1930. The molecule has 4 aromatic rings. The summed E-state index contributed by atoms with van der Waals surface area (Å²) in [6.45, 7) is 11.6. The number of fused-ring (bicyclic) bond motifs is 7. The number of aromatic nitrogens is 2. The van der Waals surface area contributed by atoms with Crippen LogP contribution in [0.2, 0.25) is 0 Å². The summed E-state index contributed by atoms with van der Waals surface area (Å²) in [5, 5.41) is 15.4. The fraction of sp³-hybridized carbons (Fsp3) is 0.500. The van der Waals surface area contributed by atoms with Gasteiger partial charge in [0.25, 0.3) is 0 Å². The van der Waals surface area contributed by atoms with Gasteiger partial charge in [0.2, 0.25) is 5.91 Å². The number of imidazole rings is 1. The molecule has 2 aliphatic heterocycles. The molecule has 2 fully saturated rings. The Labute approximate surface area is 288 Å². The summed E-state index contributed by atoms with van der Waals surface area (Å²) in [4.78, 5) is 37.1. The van der Waals surface area contributed by atoms with Crippen LogP contribution in [0.5, 0.6) is 5.75 Å². The quantitative estimate of drug-likeness (QED) is 0.208. The summed E-state index contributed by atoms with van der Waals surface area (Å²) in [7, 11) is 1.68. The van der Waals surface area contributed by atoms with Gasteiger partial charge in [-0.05, 0) is 105 Å². The van der Waals surface area contributed by atoms with Crippen LogP contribution in [0.25, 0.3) is 32.9 Å². The predicted octanol–water partition coefficient (Wildman–Crippen LogP) is 5.64. The van der Waals surface area contributed by atoms with Gasteiger partial charge in [0, 0.05) is 17.0 Å². The van der Waals surface area contributed by atoms with E-state index in [1.54, 1.807) is 13.8 Å². The lowest BCUT2D eigenvalue weighted by molar-refractivity contribution is -0.137. The average molecular weight is 667 g/mol. The second kappa shape index (κ2) is 12.4. The molecule has 7 rings (SSSR count). The molecule has 3 N–H and O–H groups in total. The summed E-state index contributed by atoms with van der Waals surface area (Å²) in [6, 6.07) is 14.0. The fourth-order valence-electron chi connectivity index (χ4n) is 7.75. The third kappa shape index (κ3) is 5.95. The molecule has 1 aliphatic carbocycles. The number of carbonyl (C=O) groups is 2. The molecule has 2 amide bonds. The number of amides is 2. The minimum Gasteiger partial charge on any atom is -0.488 e. The van der Waals surface area contributed by atoms with Crippen LogP contribution < -0.4 is 15.5 Å². The maximum Gasteiger partial charge on any atom is 0.407 e. The SMILES string of the molecule is COC(=O)N[C@H](C(=O)N1[C@H](c2nc3ccc4cc5c(cc4c3[nH]2)COc2cc(BOC(C)(C)C(C)(C)O)ccc2-5)C[C@@H]2CCC[C@@H]21)C(C)C. The van der Waals surface area contributed by atoms with Gasteiger partial charge in [-0.2, -0.15) is 0 Å². The van der Waals surface area contributed by atoms with E-state index in [0.717, 1.165) is 81.2 Å². The second-order valence-electron chi connectivity index (χ2n) is 15.4. The van der Waals surface area contributed by atoms with Crippen LogP contribution in [0.4, 0.5) is 4.79 Å². The zero-order valence-corrected chi connectivity index (χ0v) is 29.6. The molecule has 258 valence electrons. The molecule has 0 radical (unpaired) electrons. The summed E-state index contributed by atoms with van der Waals surface area (Å²) >= 11 is 0. The maximum atomic E-state index is 14.2. The van der Waals surface area contributed by atoms with Gasteiger partial charge in [-0.25, -0.2) is 9.78 Å². The number of nitrogens with zero attached hydrogens (tertiary/aromatic N) is 2. The van der Waals surface area contributed by atoms with Gasteiger partial charge in [-0.3, -0.25) is 4.79 Å². The van der Waals surface area contributed by atoms with Crippen LogP contribution in [-0.4, -0.2) is 69.9 Å². The van der Waals surface area contributed by atoms with Crippen molar-refractivity contribution in [1.29, 1.82) is 0 Å². The highest BCUT2D eigenvalue weighted by Crippen LogP contribution is 2.48. The van der Waals surface area contributed by atoms with Crippen molar-refractivity contribution in [1.82, 2.24) is 20.2 Å². The standard InChI is InChI=1S/C38H47BN4O6/c1-20(2)32(42-36(45)47-7)35(44)43-29-10-8-9-22(29)17-30(43)34-40-28-14-11-21-15-26-23(16-27(21)33(28)41-34)19-48-31-18-24(12-13-25(26)31)39-49-38(5,6)37(3,4)46/h11-16,18,20,22,29-30,32,39,46H,8-10,17,19H2,1-7H3,(H,40,41)(H,42,45)/t22-,29-,30-,32-/m0/s1. The fourth-order valence-corrected chi connectivity index (χ4v) is 7.75. The Hall–Kier alpha value is -4.09. The molecule has 1 saturated carbocycles. The van der Waals surface area contributed by atoms with Gasteiger partial charge in [0.15, 0.2) is 0 Å². The number of methoxy groups -OCH3 is 1. The summed E-state index contributed by atoms with van der Waals surface area (Å²) in [5.74, 6) is 1.83. The van der Waals surface area contributed by atoms with Crippen molar-refractivity contribution in [3.8, 4) is 16.9 Å². The number of likely N-dealkylation sites (tertiary alicyclic amines) is 1. The Kier molecular flexibility index (Phi) is 8.42. The monoisotopic (exact) mass is 666 g/mol. The second-order valence-corrected chi connectivity index (χ2v) is 15.4. The van der Waals surface area contributed by atoms with Crippen molar-refractivity contribution in [2.75, 3.05) is 7.11 Å². The summed E-state index contributed by atoms with van der Waals surface area (Å²) in [5.41, 5.74) is 4.35. The molecular formula is C38H47BN4O6. The normalized spacial score (nSPS) is 20.9. The minimum absolute atomic E-state index is 0.0781. The molecule has 0 unspecified atom stereocenters. The molecule has 3 aromatic carbocycles. The van der Waals surface area contributed by atoms with E-state index in [0.29, 0.717) is 20.0 Å². The van der Waals surface area contributed by atoms with E-state index < -0.39 is 23.3 Å². The third-order valence-electron chi connectivity index (χ3n) is 11.3. The molecule has 0 bridgehead atoms. The number of aromatic amines is 1. The number of hydrogen-bond donors (Lipinski definition) is 3. The molecule has 3 heterocycles. The number of carbonyl (C=O) groups excluding carboxylic acids is 2. The van der Waals surface area contributed by atoms with Gasteiger partial charge in [-0.15, -0.1) is 0 Å². The van der Waals surface area contributed by atoms with Gasteiger partial charge in [0.1, 0.15) is 24.2 Å². The highest BCUT2D eigenvalue weighted by molar-refractivity contribution is 6.47. The molecule has 49 heavy (non-hydrogen) atoms.